The first-order valence-electron chi connectivity index (χ1n) is 6.64. The number of rotatable bonds is 8. The van der Waals surface area contributed by atoms with Gasteiger partial charge in [0.25, 0.3) is 10.2 Å². The zero-order valence-electron chi connectivity index (χ0n) is 11.5. The van der Waals surface area contributed by atoms with Crippen molar-refractivity contribution < 1.29 is 13.6 Å². The van der Waals surface area contributed by atoms with Crippen molar-refractivity contribution in [3.8, 4) is 0 Å². The monoisotopic (exact) mass is 313 g/mol. The number of nitrogens with one attached hydrogen (secondary N) is 1. The Balaban J connectivity index is 2.08. The number of aromatic nitrogens is 1. The van der Waals surface area contributed by atoms with Crippen LogP contribution in [0, 0.1) is 0 Å². The molecular formula is C12H19N5O3S. The van der Waals surface area contributed by atoms with Gasteiger partial charge in [0.05, 0.1) is 0 Å². The Bertz CT molecular complexity index is 586. The molecule has 0 amide bonds. The highest BCUT2D eigenvalue weighted by Gasteiger charge is 2.31. The van der Waals surface area contributed by atoms with E-state index in [-0.39, 0.29) is 31.4 Å². The first-order chi connectivity index (χ1) is 10.0. The first kappa shape index (κ1) is 15.7. The largest absolute Gasteiger partial charge is 0.409 e. The Morgan fingerprint density at radius 1 is 1.57 bits per heavy atom. The van der Waals surface area contributed by atoms with Crippen LogP contribution in [0.25, 0.3) is 0 Å². The van der Waals surface area contributed by atoms with E-state index in [9.17, 15) is 8.42 Å². The summed E-state index contributed by atoms with van der Waals surface area (Å²) < 4.78 is 28.6. The number of hydrogen-bond donors (Lipinski definition) is 3. The molecule has 0 spiro atoms. The van der Waals surface area contributed by atoms with Crippen molar-refractivity contribution in [2.24, 2.45) is 10.9 Å². The molecule has 0 atom stereocenters. The maximum atomic E-state index is 12.3. The molecule has 1 aliphatic carbocycles. The van der Waals surface area contributed by atoms with Gasteiger partial charge in [0, 0.05) is 37.9 Å². The van der Waals surface area contributed by atoms with E-state index in [1.807, 2.05) is 0 Å². The fraction of sp³-hybridized carbons (Fsp3) is 0.500. The summed E-state index contributed by atoms with van der Waals surface area (Å²) in [4.78, 5) is 3.97. The molecule has 9 heteroatoms. The number of pyridine rings is 1. The Labute approximate surface area is 123 Å². The molecule has 1 heterocycles. The molecule has 1 aromatic rings. The van der Waals surface area contributed by atoms with E-state index in [4.69, 9.17) is 10.9 Å². The van der Waals surface area contributed by atoms with Gasteiger partial charge in [-0.05, 0) is 24.5 Å². The molecule has 1 aromatic heterocycles. The summed E-state index contributed by atoms with van der Waals surface area (Å²) in [6.07, 6.45) is 5.12. The van der Waals surface area contributed by atoms with Crippen molar-refractivity contribution in [2.45, 2.75) is 31.8 Å². The van der Waals surface area contributed by atoms with Gasteiger partial charge in [-0.3, -0.25) is 4.98 Å². The molecular weight excluding hydrogens is 294 g/mol. The van der Waals surface area contributed by atoms with Crippen molar-refractivity contribution in [3.05, 3.63) is 30.1 Å². The summed E-state index contributed by atoms with van der Waals surface area (Å²) in [5, 5.41) is 11.4. The molecule has 2 rings (SSSR count). The predicted molar refractivity (Wildman–Crippen MR) is 77.8 cm³/mol. The van der Waals surface area contributed by atoms with Crippen molar-refractivity contribution in [1.29, 1.82) is 0 Å². The van der Waals surface area contributed by atoms with Gasteiger partial charge in [-0.15, -0.1) is 0 Å². The summed E-state index contributed by atoms with van der Waals surface area (Å²) in [5.41, 5.74) is 6.19. The molecule has 0 bridgehead atoms. The number of hydrogen-bond acceptors (Lipinski definition) is 5. The molecule has 0 aliphatic heterocycles. The minimum absolute atomic E-state index is 0.00666. The number of oxime groups is 1. The third-order valence-corrected chi connectivity index (χ3v) is 4.68. The Hall–Kier alpha value is -1.71. The van der Waals surface area contributed by atoms with Crippen LogP contribution in [0.3, 0.4) is 0 Å². The van der Waals surface area contributed by atoms with Crippen LogP contribution < -0.4 is 10.5 Å². The maximum absolute atomic E-state index is 12.3. The smallest absolute Gasteiger partial charge is 0.280 e. The van der Waals surface area contributed by atoms with Gasteiger partial charge in [0.2, 0.25) is 0 Å². The van der Waals surface area contributed by atoms with Crippen molar-refractivity contribution in [2.75, 3.05) is 6.54 Å². The van der Waals surface area contributed by atoms with Gasteiger partial charge in [0.15, 0.2) is 0 Å². The Morgan fingerprint density at radius 3 is 2.90 bits per heavy atom. The van der Waals surface area contributed by atoms with Crippen LogP contribution in [0.5, 0.6) is 0 Å². The predicted octanol–water partition coefficient (Wildman–Crippen LogP) is 0.0169. The highest BCUT2D eigenvalue weighted by molar-refractivity contribution is 7.87. The lowest BCUT2D eigenvalue weighted by Gasteiger charge is -2.22. The van der Waals surface area contributed by atoms with Crippen LogP contribution in [0.4, 0.5) is 0 Å². The summed E-state index contributed by atoms with van der Waals surface area (Å²) in [6, 6.07) is 3.57. The minimum atomic E-state index is -3.60. The van der Waals surface area contributed by atoms with E-state index in [0.717, 1.165) is 18.4 Å². The molecule has 4 N–H and O–H groups in total. The molecule has 0 saturated heterocycles. The van der Waals surface area contributed by atoms with Gasteiger partial charge in [-0.1, -0.05) is 11.2 Å². The lowest BCUT2D eigenvalue weighted by molar-refractivity contribution is 0.315. The van der Waals surface area contributed by atoms with E-state index in [0.29, 0.717) is 0 Å². The lowest BCUT2D eigenvalue weighted by Crippen LogP contribution is -2.42. The molecule has 21 heavy (non-hydrogen) atoms. The van der Waals surface area contributed by atoms with E-state index in [1.165, 1.54) is 4.31 Å². The summed E-state index contributed by atoms with van der Waals surface area (Å²) in [5.74, 6) is -0.00666. The number of amidine groups is 1. The van der Waals surface area contributed by atoms with Gasteiger partial charge in [0.1, 0.15) is 5.84 Å². The van der Waals surface area contributed by atoms with E-state index in [2.05, 4.69) is 14.9 Å². The van der Waals surface area contributed by atoms with Crippen molar-refractivity contribution >= 4 is 16.0 Å². The Morgan fingerprint density at radius 2 is 2.33 bits per heavy atom. The van der Waals surface area contributed by atoms with Crippen LogP contribution >= 0.6 is 0 Å². The average molecular weight is 313 g/mol. The van der Waals surface area contributed by atoms with Crippen molar-refractivity contribution in [1.82, 2.24) is 14.0 Å². The molecule has 8 nitrogen and oxygen atoms in total. The van der Waals surface area contributed by atoms with Crippen LogP contribution in [0.15, 0.2) is 29.7 Å². The van der Waals surface area contributed by atoms with Crippen molar-refractivity contribution in [3.63, 3.8) is 0 Å². The topological polar surface area (TPSA) is 121 Å². The SMILES string of the molecule is N/C(CCN(Cc1cccnc1)S(=O)(=O)NC1CC1)=N/O. The van der Waals surface area contributed by atoms with Gasteiger partial charge < -0.3 is 10.9 Å². The molecule has 0 radical (unpaired) electrons. The second kappa shape index (κ2) is 6.83. The fourth-order valence-corrected chi connectivity index (χ4v) is 3.21. The normalized spacial score (nSPS) is 16.3. The second-order valence-corrected chi connectivity index (χ2v) is 6.64. The third-order valence-electron chi connectivity index (χ3n) is 3.06. The quantitative estimate of drug-likeness (QED) is 0.270. The number of nitrogens with two attached hydrogens (primary N) is 1. The van der Waals surface area contributed by atoms with Crippen LogP contribution in [0.2, 0.25) is 0 Å². The summed E-state index contributed by atoms with van der Waals surface area (Å²) in [6.45, 7) is 0.321. The van der Waals surface area contributed by atoms with E-state index in [1.54, 1.807) is 24.5 Å². The zero-order valence-corrected chi connectivity index (χ0v) is 12.3. The van der Waals surface area contributed by atoms with E-state index < -0.39 is 10.2 Å². The van der Waals surface area contributed by atoms with Gasteiger partial charge >= 0.3 is 0 Å². The standard InChI is InChI=1S/C12H19N5O3S/c13-12(15-18)5-7-17(9-10-2-1-6-14-8-10)21(19,20)16-11-3-4-11/h1-2,6,8,11,16,18H,3-5,7,9H2,(H2,13,15). The third kappa shape index (κ3) is 4.96. The van der Waals surface area contributed by atoms with Crippen LogP contribution in [-0.4, -0.2) is 41.3 Å². The maximum Gasteiger partial charge on any atom is 0.280 e. The van der Waals surface area contributed by atoms with Gasteiger partial charge in [-0.25, -0.2) is 0 Å². The fourth-order valence-electron chi connectivity index (χ4n) is 1.76. The van der Waals surface area contributed by atoms with Gasteiger partial charge in [-0.2, -0.15) is 17.4 Å². The first-order valence-corrected chi connectivity index (χ1v) is 8.08. The summed E-state index contributed by atoms with van der Waals surface area (Å²) in [7, 11) is -3.60. The van der Waals surface area contributed by atoms with Crippen LogP contribution in [-0.2, 0) is 16.8 Å². The number of nitrogens with zero attached hydrogens (tertiary/aromatic N) is 3. The van der Waals surface area contributed by atoms with E-state index >= 15 is 0 Å². The van der Waals surface area contributed by atoms with Crippen LogP contribution in [0.1, 0.15) is 24.8 Å². The molecule has 0 unspecified atom stereocenters. The zero-order chi connectivity index (χ0) is 15.3. The average Bonchev–Trinajstić information content (AvgIpc) is 3.27. The molecule has 1 saturated carbocycles. The Kier molecular flexibility index (Phi) is 5.10. The highest BCUT2D eigenvalue weighted by Crippen LogP contribution is 2.21. The molecule has 116 valence electrons. The molecule has 0 aromatic carbocycles. The highest BCUT2D eigenvalue weighted by atomic mass is 32.2. The second-order valence-electron chi connectivity index (χ2n) is 4.93. The molecule has 1 fully saturated rings. The minimum Gasteiger partial charge on any atom is -0.409 e. The lowest BCUT2D eigenvalue weighted by atomic mass is 10.3. The molecule has 1 aliphatic rings. The summed E-state index contributed by atoms with van der Waals surface area (Å²) >= 11 is 0.